The van der Waals surface area contributed by atoms with Gasteiger partial charge in [0, 0.05) is 6.42 Å². The van der Waals surface area contributed by atoms with Crippen molar-refractivity contribution in [2.45, 2.75) is 19.4 Å². The van der Waals surface area contributed by atoms with Gasteiger partial charge in [0.1, 0.15) is 6.54 Å². The predicted octanol–water partition coefficient (Wildman–Crippen LogP) is 1.68. The zero-order valence-corrected chi connectivity index (χ0v) is 14.8. The monoisotopic (exact) mass is 370 g/mol. The van der Waals surface area contributed by atoms with Crippen LogP contribution < -0.4 is 10.8 Å². The highest BCUT2D eigenvalue weighted by Gasteiger charge is 2.23. The molecule has 2 aromatic carbocycles. The Hall–Kier alpha value is -3.19. The topological polar surface area (TPSA) is 105 Å². The van der Waals surface area contributed by atoms with Gasteiger partial charge in [-0.1, -0.05) is 60.7 Å². The van der Waals surface area contributed by atoms with Crippen molar-refractivity contribution in [2.75, 3.05) is 6.54 Å². The van der Waals surface area contributed by atoms with Crippen LogP contribution >= 0.6 is 0 Å². The van der Waals surface area contributed by atoms with E-state index in [9.17, 15) is 14.4 Å². The van der Waals surface area contributed by atoms with E-state index in [1.165, 1.54) is 0 Å². The third kappa shape index (κ3) is 7.70. The summed E-state index contributed by atoms with van der Waals surface area (Å²) in [7, 11) is 0. The fourth-order valence-electron chi connectivity index (χ4n) is 2.50. The molecule has 1 unspecified atom stereocenters. The van der Waals surface area contributed by atoms with Gasteiger partial charge < -0.3 is 10.4 Å². The van der Waals surface area contributed by atoms with Crippen molar-refractivity contribution in [2.24, 2.45) is 5.92 Å². The molecule has 0 spiro atoms. The molecular formula is C20H22N2O5. The molecule has 142 valence electrons. The van der Waals surface area contributed by atoms with Crippen molar-refractivity contribution in [3.63, 3.8) is 0 Å². The first-order valence-corrected chi connectivity index (χ1v) is 8.52. The van der Waals surface area contributed by atoms with E-state index in [0.717, 1.165) is 11.1 Å². The molecule has 0 heterocycles. The fourth-order valence-corrected chi connectivity index (χ4v) is 2.50. The molecule has 0 aliphatic rings. The summed E-state index contributed by atoms with van der Waals surface area (Å²) in [5.41, 5.74) is 4.11. The van der Waals surface area contributed by atoms with E-state index in [1.54, 1.807) is 0 Å². The maximum atomic E-state index is 12.3. The van der Waals surface area contributed by atoms with E-state index in [4.69, 9.17) is 9.94 Å². The zero-order valence-electron chi connectivity index (χ0n) is 14.8. The van der Waals surface area contributed by atoms with Crippen molar-refractivity contribution in [1.82, 2.24) is 10.8 Å². The van der Waals surface area contributed by atoms with Crippen molar-refractivity contribution in [3.8, 4) is 0 Å². The highest BCUT2D eigenvalue weighted by molar-refractivity contribution is 5.87. The third-order valence-corrected chi connectivity index (χ3v) is 3.81. The number of carboxylic acid groups (broad SMARTS) is 1. The number of benzene rings is 2. The molecule has 2 rings (SSSR count). The van der Waals surface area contributed by atoms with Crippen LogP contribution in [0.15, 0.2) is 60.7 Å². The highest BCUT2D eigenvalue weighted by Crippen LogP contribution is 2.13. The van der Waals surface area contributed by atoms with E-state index in [1.807, 2.05) is 60.7 Å². The van der Waals surface area contributed by atoms with Crippen LogP contribution in [0.3, 0.4) is 0 Å². The number of carbonyl (C=O) groups is 3. The molecule has 0 fully saturated rings. The number of amides is 2. The van der Waals surface area contributed by atoms with E-state index in [-0.39, 0.29) is 13.0 Å². The molecule has 2 amide bonds. The van der Waals surface area contributed by atoms with Crippen LogP contribution in [0, 0.1) is 5.92 Å². The summed E-state index contributed by atoms with van der Waals surface area (Å²) in [4.78, 5) is 40.3. The summed E-state index contributed by atoms with van der Waals surface area (Å²) in [5.74, 6) is -2.78. The maximum Gasteiger partial charge on any atom is 0.322 e. The Morgan fingerprint density at radius 3 is 2.11 bits per heavy atom. The van der Waals surface area contributed by atoms with Crippen LogP contribution in [0.25, 0.3) is 0 Å². The predicted molar refractivity (Wildman–Crippen MR) is 98.3 cm³/mol. The van der Waals surface area contributed by atoms with Crippen LogP contribution in [-0.2, 0) is 32.2 Å². The average molecular weight is 370 g/mol. The van der Waals surface area contributed by atoms with Gasteiger partial charge in [-0.25, -0.2) is 5.48 Å². The van der Waals surface area contributed by atoms with Gasteiger partial charge in [0.25, 0.3) is 0 Å². The molecule has 0 bridgehead atoms. The van der Waals surface area contributed by atoms with Gasteiger partial charge in [0.05, 0.1) is 12.5 Å². The molecule has 0 aromatic heterocycles. The standard InChI is InChI=1S/C20H22N2O5/c23-18(22-27-14-16-9-5-2-6-10-16)12-17(20(26)21-13-19(24)25)11-15-7-3-1-4-8-15/h1-10,17H,11-14H2,(H,21,26)(H,22,23)(H,24,25). The lowest BCUT2D eigenvalue weighted by atomic mass is 9.95. The highest BCUT2D eigenvalue weighted by atomic mass is 16.6. The smallest absolute Gasteiger partial charge is 0.322 e. The first-order valence-electron chi connectivity index (χ1n) is 8.52. The van der Waals surface area contributed by atoms with Crippen LogP contribution in [0.1, 0.15) is 17.5 Å². The van der Waals surface area contributed by atoms with Crippen LogP contribution in [-0.4, -0.2) is 29.4 Å². The van der Waals surface area contributed by atoms with Gasteiger partial charge in [0.2, 0.25) is 11.8 Å². The molecule has 3 N–H and O–H groups in total. The first kappa shape index (κ1) is 20.1. The summed E-state index contributed by atoms with van der Waals surface area (Å²) in [5, 5.41) is 11.1. The lowest BCUT2D eigenvalue weighted by molar-refractivity contribution is -0.140. The maximum absolute atomic E-state index is 12.3. The van der Waals surface area contributed by atoms with Gasteiger partial charge in [-0.15, -0.1) is 0 Å². The van der Waals surface area contributed by atoms with Crippen LogP contribution in [0.4, 0.5) is 0 Å². The molecule has 7 heteroatoms. The van der Waals surface area contributed by atoms with E-state index in [0.29, 0.717) is 6.42 Å². The molecule has 2 aromatic rings. The van der Waals surface area contributed by atoms with Crippen molar-refractivity contribution >= 4 is 17.8 Å². The van der Waals surface area contributed by atoms with Crippen molar-refractivity contribution < 1.29 is 24.3 Å². The van der Waals surface area contributed by atoms with Crippen molar-refractivity contribution in [1.29, 1.82) is 0 Å². The number of aliphatic carboxylic acids is 1. The summed E-state index contributed by atoms with van der Waals surface area (Å²) in [6, 6.07) is 18.6. The van der Waals surface area contributed by atoms with E-state index >= 15 is 0 Å². The summed E-state index contributed by atoms with van der Waals surface area (Å²) >= 11 is 0. The number of hydrogen-bond acceptors (Lipinski definition) is 4. The Morgan fingerprint density at radius 2 is 1.52 bits per heavy atom. The fraction of sp³-hybridized carbons (Fsp3) is 0.250. The number of hydrogen-bond donors (Lipinski definition) is 3. The number of nitrogens with one attached hydrogen (secondary N) is 2. The lowest BCUT2D eigenvalue weighted by Gasteiger charge is -2.16. The van der Waals surface area contributed by atoms with E-state index < -0.39 is 30.2 Å². The molecular weight excluding hydrogens is 348 g/mol. The van der Waals surface area contributed by atoms with Crippen molar-refractivity contribution in [3.05, 3.63) is 71.8 Å². The second-order valence-corrected chi connectivity index (χ2v) is 6.00. The second-order valence-electron chi connectivity index (χ2n) is 6.00. The number of carbonyl (C=O) groups excluding carboxylic acids is 2. The van der Waals surface area contributed by atoms with Crippen LogP contribution in [0.5, 0.6) is 0 Å². The molecule has 0 saturated carbocycles. The van der Waals surface area contributed by atoms with Gasteiger partial charge in [0.15, 0.2) is 0 Å². The number of carboxylic acids is 1. The quantitative estimate of drug-likeness (QED) is 0.552. The summed E-state index contributed by atoms with van der Waals surface area (Å²) in [6.45, 7) is -0.280. The summed E-state index contributed by atoms with van der Waals surface area (Å²) in [6.07, 6.45) is 0.202. The molecule has 27 heavy (non-hydrogen) atoms. The Labute approximate surface area is 157 Å². The molecule has 0 aliphatic carbocycles. The second kappa shape index (κ2) is 10.7. The minimum absolute atomic E-state index is 0.116. The van der Waals surface area contributed by atoms with E-state index in [2.05, 4.69) is 10.8 Å². The molecule has 0 radical (unpaired) electrons. The molecule has 1 atom stereocenters. The minimum Gasteiger partial charge on any atom is -0.480 e. The Bertz CT molecular complexity index is 749. The van der Waals surface area contributed by atoms with Gasteiger partial charge in [-0.05, 0) is 17.5 Å². The third-order valence-electron chi connectivity index (χ3n) is 3.81. The minimum atomic E-state index is -1.14. The molecule has 0 aliphatic heterocycles. The Balaban J connectivity index is 1.90. The average Bonchev–Trinajstić information content (AvgIpc) is 2.67. The number of rotatable bonds is 10. The summed E-state index contributed by atoms with van der Waals surface area (Å²) < 4.78 is 0. The first-order chi connectivity index (χ1) is 13.0. The SMILES string of the molecule is O=C(O)CNC(=O)C(CC(=O)NOCc1ccccc1)Cc1ccccc1. The largest absolute Gasteiger partial charge is 0.480 e. The van der Waals surface area contributed by atoms with Gasteiger partial charge in [-0.2, -0.15) is 0 Å². The van der Waals surface area contributed by atoms with Crippen LogP contribution in [0.2, 0.25) is 0 Å². The normalized spacial score (nSPS) is 11.4. The zero-order chi connectivity index (χ0) is 19.5. The lowest BCUT2D eigenvalue weighted by Crippen LogP contribution is -2.38. The number of hydroxylamine groups is 1. The molecule has 7 nitrogen and oxygen atoms in total. The Morgan fingerprint density at radius 1 is 0.926 bits per heavy atom. The van der Waals surface area contributed by atoms with Gasteiger partial charge in [-0.3, -0.25) is 19.2 Å². The molecule has 0 saturated heterocycles. The van der Waals surface area contributed by atoms with Gasteiger partial charge >= 0.3 is 5.97 Å². The Kier molecular flexibility index (Phi) is 7.99.